The number of methoxy groups -OCH3 is 1. The van der Waals surface area contributed by atoms with Crippen LogP contribution in [0.3, 0.4) is 0 Å². The molecule has 0 unspecified atom stereocenters. The van der Waals surface area contributed by atoms with E-state index in [1.165, 1.54) is 7.11 Å². The van der Waals surface area contributed by atoms with Crippen molar-refractivity contribution >= 4 is 17.2 Å². The van der Waals surface area contributed by atoms with Gasteiger partial charge in [-0.05, 0) is 59.2 Å². The topological polar surface area (TPSA) is 90.2 Å². The Bertz CT molecular complexity index is 1180. The normalized spacial score (nSPS) is 16.2. The average Bonchev–Trinajstić information content (AvgIpc) is 3.03. The molecule has 0 fully saturated rings. The number of allylic oxidation sites excluding steroid dienone is 7. The van der Waals surface area contributed by atoms with Gasteiger partial charge in [-0.25, -0.2) is 4.79 Å². The minimum atomic E-state index is -0.511. The second kappa shape index (κ2) is 8.89. The predicted octanol–water partition coefficient (Wildman–Crippen LogP) is 4.76. The van der Waals surface area contributed by atoms with Crippen molar-refractivity contribution in [2.45, 2.75) is 6.42 Å². The summed E-state index contributed by atoms with van der Waals surface area (Å²) in [5.41, 5.74) is 4.08. The minimum Gasteiger partial charge on any atom is -0.512 e. The van der Waals surface area contributed by atoms with E-state index >= 15 is 0 Å². The Morgan fingerprint density at radius 1 is 0.938 bits per heavy atom. The molecule has 0 atom stereocenters. The van der Waals surface area contributed by atoms with Crippen LogP contribution in [-0.4, -0.2) is 34.9 Å². The van der Waals surface area contributed by atoms with Crippen LogP contribution in [0.1, 0.15) is 12.0 Å². The second-order valence-electron chi connectivity index (χ2n) is 7.39. The maximum Gasteiger partial charge on any atom is 0.355 e. The first-order valence-electron chi connectivity index (χ1n) is 10.1. The number of hydrogen-bond acceptors (Lipinski definition) is 6. The number of anilines is 1. The number of benzene rings is 2. The van der Waals surface area contributed by atoms with E-state index in [1.54, 1.807) is 54.6 Å². The van der Waals surface area contributed by atoms with E-state index in [2.05, 4.69) is 0 Å². The number of esters is 1. The summed E-state index contributed by atoms with van der Waals surface area (Å²) in [6.45, 7) is 0.396. The third kappa shape index (κ3) is 4.16. The molecule has 2 aromatic rings. The van der Waals surface area contributed by atoms with Crippen molar-refractivity contribution in [2.24, 2.45) is 0 Å². The largest absolute Gasteiger partial charge is 0.512 e. The summed E-state index contributed by atoms with van der Waals surface area (Å²) in [4.78, 5) is 14.9. The smallest absolute Gasteiger partial charge is 0.355 e. The van der Waals surface area contributed by atoms with Crippen molar-refractivity contribution in [3.63, 3.8) is 0 Å². The van der Waals surface area contributed by atoms with Gasteiger partial charge in [0.25, 0.3) is 0 Å². The van der Waals surface area contributed by atoms with Crippen LogP contribution in [0, 0.1) is 0 Å². The first kappa shape index (κ1) is 21.1. The quantitative estimate of drug-likeness (QED) is 0.608. The van der Waals surface area contributed by atoms with E-state index in [0.717, 1.165) is 22.4 Å². The molecule has 1 heterocycles. The van der Waals surface area contributed by atoms with Gasteiger partial charge in [0.15, 0.2) is 0 Å². The Labute approximate surface area is 186 Å². The van der Waals surface area contributed by atoms with Gasteiger partial charge >= 0.3 is 5.97 Å². The van der Waals surface area contributed by atoms with Crippen LogP contribution >= 0.6 is 0 Å². The van der Waals surface area contributed by atoms with Crippen LogP contribution in [0.25, 0.3) is 5.57 Å². The van der Waals surface area contributed by atoms with Gasteiger partial charge in [0, 0.05) is 24.2 Å². The predicted molar refractivity (Wildman–Crippen MR) is 123 cm³/mol. The fraction of sp³-hybridized carbons (Fsp3) is 0.115. The molecule has 0 amide bonds. The standard InChI is InChI=1S/C26H23NO5/c1-32-26(31)25-24(18-6-11-21(29)12-7-18)23(17-3-2-4-20(28)10-5-17)15-16-27(25)19-8-13-22(30)14-9-19/h2-3,5-15,28-30H,4,16H2,1H3. The zero-order valence-corrected chi connectivity index (χ0v) is 17.5. The molecule has 1 aliphatic carbocycles. The average molecular weight is 429 g/mol. The molecule has 4 rings (SSSR count). The van der Waals surface area contributed by atoms with Crippen LogP contribution in [0.15, 0.2) is 102 Å². The van der Waals surface area contributed by atoms with E-state index in [4.69, 9.17) is 4.74 Å². The number of phenols is 2. The van der Waals surface area contributed by atoms with Crippen molar-refractivity contribution in [2.75, 3.05) is 18.6 Å². The van der Waals surface area contributed by atoms with Gasteiger partial charge < -0.3 is 25.0 Å². The van der Waals surface area contributed by atoms with Crippen LogP contribution in [0.5, 0.6) is 11.5 Å². The summed E-state index contributed by atoms with van der Waals surface area (Å²) < 4.78 is 5.16. The molecule has 32 heavy (non-hydrogen) atoms. The van der Waals surface area contributed by atoms with E-state index in [9.17, 15) is 20.1 Å². The third-order valence-corrected chi connectivity index (χ3v) is 5.34. The van der Waals surface area contributed by atoms with Gasteiger partial charge in [0.1, 0.15) is 17.2 Å². The number of hydrogen-bond donors (Lipinski definition) is 3. The highest BCUT2D eigenvalue weighted by Crippen LogP contribution is 2.40. The lowest BCUT2D eigenvalue weighted by atomic mass is 9.87. The molecule has 6 nitrogen and oxygen atoms in total. The third-order valence-electron chi connectivity index (χ3n) is 5.34. The fourth-order valence-electron chi connectivity index (χ4n) is 3.79. The van der Waals surface area contributed by atoms with Gasteiger partial charge in [0.2, 0.25) is 0 Å². The maximum atomic E-state index is 13.1. The molecule has 3 N–H and O–H groups in total. The Hall–Kier alpha value is -4.19. The number of rotatable bonds is 4. The molecule has 0 saturated carbocycles. The Morgan fingerprint density at radius 3 is 2.25 bits per heavy atom. The lowest BCUT2D eigenvalue weighted by Crippen LogP contribution is -2.33. The van der Waals surface area contributed by atoms with Crippen molar-refractivity contribution < 1.29 is 24.9 Å². The zero-order valence-electron chi connectivity index (χ0n) is 17.5. The van der Waals surface area contributed by atoms with Crippen LogP contribution in [0.2, 0.25) is 0 Å². The van der Waals surface area contributed by atoms with E-state index < -0.39 is 5.97 Å². The molecular weight excluding hydrogens is 406 g/mol. The fourth-order valence-corrected chi connectivity index (χ4v) is 3.79. The maximum absolute atomic E-state index is 13.1. The lowest BCUT2D eigenvalue weighted by Gasteiger charge is -2.32. The minimum absolute atomic E-state index is 0.118. The summed E-state index contributed by atoms with van der Waals surface area (Å²) in [7, 11) is 1.34. The molecule has 0 spiro atoms. The van der Waals surface area contributed by atoms with Crippen molar-refractivity contribution in [3.8, 4) is 11.5 Å². The summed E-state index contributed by atoms with van der Waals surface area (Å²) in [6, 6.07) is 13.2. The molecule has 0 radical (unpaired) electrons. The lowest BCUT2D eigenvalue weighted by molar-refractivity contribution is -0.136. The molecular formula is C26H23NO5. The zero-order chi connectivity index (χ0) is 22.7. The first-order chi connectivity index (χ1) is 15.5. The van der Waals surface area contributed by atoms with Gasteiger partial charge in [-0.3, -0.25) is 0 Å². The van der Waals surface area contributed by atoms with E-state index in [1.807, 2.05) is 29.2 Å². The Morgan fingerprint density at radius 2 is 1.59 bits per heavy atom. The van der Waals surface area contributed by atoms with E-state index in [-0.39, 0.29) is 17.3 Å². The number of aliphatic hydroxyl groups is 1. The number of ether oxygens (including phenoxy) is 1. The van der Waals surface area contributed by atoms with Crippen molar-refractivity contribution in [1.29, 1.82) is 0 Å². The molecule has 0 saturated heterocycles. The molecule has 162 valence electrons. The summed E-state index contributed by atoms with van der Waals surface area (Å²) in [6.07, 6.45) is 9.68. The number of carbonyl (C=O) groups excluding carboxylic acids is 1. The summed E-state index contributed by atoms with van der Waals surface area (Å²) in [5, 5.41) is 29.4. The number of phenolic OH excluding ortho intramolecular Hbond substituents is 2. The van der Waals surface area contributed by atoms with E-state index in [0.29, 0.717) is 24.2 Å². The van der Waals surface area contributed by atoms with Crippen molar-refractivity contribution in [3.05, 3.63) is 107 Å². The molecule has 1 aliphatic heterocycles. The van der Waals surface area contributed by atoms with Gasteiger partial charge in [0.05, 0.1) is 12.9 Å². The Kier molecular flexibility index (Phi) is 5.85. The number of aliphatic hydroxyl groups excluding tert-OH is 1. The van der Waals surface area contributed by atoms with Crippen LogP contribution in [-0.2, 0) is 9.53 Å². The highest BCUT2D eigenvalue weighted by Gasteiger charge is 2.31. The SMILES string of the molecule is COC(=O)C1=C(c2ccc(O)cc2)C(C2=CC=C(O)CC=C2)=CCN1c1ccc(O)cc1. The monoisotopic (exact) mass is 429 g/mol. The van der Waals surface area contributed by atoms with Crippen molar-refractivity contribution in [1.82, 2.24) is 0 Å². The molecule has 6 heteroatoms. The number of carbonyl (C=O) groups is 1. The number of nitrogens with zero attached hydrogens (tertiary/aromatic N) is 1. The summed E-state index contributed by atoms with van der Waals surface area (Å²) >= 11 is 0. The molecule has 2 aliphatic rings. The van der Waals surface area contributed by atoms with Crippen LogP contribution in [0.4, 0.5) is 5.69 Å². The van der Waals surface area contributed by atoms with Crippen LogP contribution < -0.4 is 4.90 Å². The highest BCUT2D eigenvalue weighted by molar-refractivity contribution is 6.07. The van der Waals surface area contributed by atoms with Gasteiger partial charge in [-0.1, -0.05) is 36.4 Å². The number of aromatic hydroxyl groups is 2. The molecule has 0 aromatic heterocycles. The second-order valence-corrected chi connectivity index (χ2v) is 7.39. The Balaban J connectivity index is 1.95. The highest BCUT2D eigenvalue weighted by atomic mass is 16.5. The van der Waals surface area contributed by atoms with Gasteiger partial charge in [-0.2, -0.15) is 0 Å². The summed E-state index contributed by atoms with van der Waals surface area (Å²) in [5.74, 6) is -0.0121. The van der Waals surface area contributed by atoms with Gasteiger partial charge in [-0.15, -0.1) is 0 Å². The molecule has 0 bridgehead atoms. The first-order valence-corrected chi connectivity index (χ1v) is 10.1. The molecule has 2 aromatic carbocycles.